The summed E-state index contributed by atoms with van der Waals surface area (Å²) in [7, 11) is 0. The average Bonchev–Trinajstić information content (AvgIpc) is 3.10. The van der Waals surface area contributed by atoms with Crippen molar-refractivity contribution in [1.82, 2.24) is 4.90 Å². The highest BCUT2D eigenvalue weighted by Gasteiger charge is 2.48. The molecule has 0 fully saturated rings. The van der Waals surface area contributed by atoms with Crippen molar-refractivity contribution in [3.63, 3.8) is 0 Å². The van der Waals surface area contributed by atoms with Crippen molar-refractivity contribution in [2.24, 2.45) is 0 Å². The van der Waals surface area contributed by atoms with E-state index < -0.39 is 12.1 Å². The molecule has 0 radical (unpaired) electrons. The Morgan fingerprint density at radius 3 is 2.09 bits per heavy atom. The summed E-state index contributed by atoms with van der Waals surface area (Å²) in [5, 5.41) is 5.44. The van der Waals surface area contributed by atoms with E-state index in [1.807, 2.05) is 12.1 Å². The Labute approximate surface area is 189 Å². The van der Waals surface area contributed by atoms with Gasteiger partial charge in [0, 0.05) is 29.4 Å². The fraction of sp³-hybridized carbons (Fsp3) is 0.120. The van der Waals surface area contributed by atoms with Crippen molar-refractivity contribution >= 4 is 40.7 Å². The maximum atomic E-state index is 13.4. The number of hydrogen-bond donors (Lipinski definition) is 2. The van der Waals surface area contributed by atoms with Gasteiger partial charge in [0.25, 0.3) is 11.8 Å². The molecule has 2 aliphatic rings. The maximum Gasteiger partial charge on any atom is 0.260 e. The van der Waals surface area contributed by atoms with Gasteiger partial charge in [-0.1, -0.05) is 30.3 Å². The molecule has 0 bridgehead atoms. The number of fused-ring (bicyclic) bond motifs is 5. The van der Waals surface area contributed by atoms with Crippen LogP contribution in [0.5, 0.6) is 0 Å². The van der Waals surface area contributed by atoms with Crippen LogP contribution in [0.4, 0.5) is 17.1 Å². The molecule has 164 valence electrons. The number of nitrogens with zero attached hydrogens (tertiary/aromatic N) is 2. The second kappa shape index (κ2) is 7.90. The van der Waals surface area contributed by atoms with Gasteiger partial charge in [0.2, 0.25) is 11.8 Å². The van der Waals surface area contributed by atoms with Crippen LogP contribution >= 0.6 is 0 Å². The Morgan fingerprint density at radius 2 is 1.39 bits per heavy atom. The van der Waals surface area contributed by atoms with Crippen molar-refractivity contribution < 1.29 is 19.2 Å². The molecule has 2 heterocycles. The second-order valence-corrected chi connectivity index (χ2v) is 7.89. The zero-order valence-electron chi connectivity index (χ0n) is 17.7. The minimum atomic E-state index is -0.691. The van der Waals surface area contributed by atoms with Gasteiger partial charge in [0.1, 0.15) is 12.7 Å². The van der Waals surface area contributed by atoms with Crippen LogP contribution in [0, 0.1) is 0 Å². The lowest BCUT2D eigenvalue weighted by molar-refractivity contribution is -0.117. The lowest BCUT2D eigenvalue weighted by Crippen LogP contribution is -2.50. The molecule has 2 N–H and O–H groups in total. The van der Waals surface area contributed by atoms with E-state index in [-0.39, 0.29) is 24.3 Å². The first-order chi connectivity index (χ1) is 15.9. The first-order valence-corrected chi connectivity index (χ1v) is 10.4. The van der Waals surface area contributed by atoms with Gasteiger partial charge in [0.15, 0.2) is 0 Å². The normalized spacial score (nSPS) is 16.1. The minimum absolute atomic E-state index is 0.188. The molecule has 8 heteroatoms. The van der Waals surface area contributed by atoms with Crippen molar-refractivity contribution in [1.29, 1.82) is 0 Å². The first kappa shape index (κ1) is 20.4. The number of hydrogen-bond acceptors (Lipinski definition) is 4. The molecule has 3 aromatic carbocycles. The fourth-order valence-electron chi connectivity index (χ4n) is 4.33. The first-order valence-electron chi connectivity index (χ1n) is 10.4. The molecule has 33 heavy (non-hydrogen) atoms. The van der Waals surface area contributed by atoms with E-state index in [0.717, 1.165) is 0 Å². The summed E-state index contributed by atoms with van der Waals surface area (Å²) in [6.07, 6.45) is -0.691. The second-order valence-electron chi connectivity index (χ2n) is 7.89. The van der Waals surface area contributed by atoms with Crippen molar-refractivity contribution in [2.45, 2.75) is 13.1 Å². The lowest BCUT2D eigenvalue weighted by atomic mass is 10.0. The Morgan fingerprint density at radius 1 is 0.788 bits per heavy atom. The zero-order valence-corrected chi connectivity index (χ0v) is 17.7. The van der Waals surface area contributed by atoms with Crippen LogP contribution < -0.4 is 15.5 Å². The summed E-state index contributed by atoms with van der Waals surface area (Å²) in [5.41, 5.74) is 3.27. The van der Waals surface area contributed by atoms with E-state index in [0.29, 0.717) is 33.8 Å². The van der Waals surface area contributed by atoms with E-state index in [4.69, 9.17) is 0 Å². The zero-order chi connectivity index (χ0) is 23.1. The number of rotatable bonds is 4. The molecule has 5 rings (SSSR count). The number of carbonyl (C=O) groups is 4. The molecule has 0 saturated heterocycles. The van der Waals surface area contributed by atoms with Gasteiger partial charge in [-0.25, -0.2) is 0 Å². The van der Waals surface area contributed by atoms with Crippen LogP contribution in [0.15, 0.2) is 72.8 Å². The summed E-state index contributed by atoms with van der Waals surface area (Å²) in [6.45, 7) is 1.18. The Kier molecular flexibility index (Phi) is 4.90. The number of carbonyl (C=O) groups excluding carboxylic acids is 4. The standard InChI is InChI=1S/C25H20N4O4/c1-15(30)26-16-10-12-17(13-11-16)27-22(31)14-28-23-18-6-2-3-7-19(18)25(33)29(23)21-9-5-4-8-20(21)24(28)32/h2-13,23H,14H2,1H3,(H,26,30)(H,27,31). The Bertz CT molecular complexity index is 1300. The van der Waals surface area contributed by atoms with Gasteiger partial charge in [0.05, 0.1) is 11.3 Å². The van der Waals surface area contributed by atoms with Crippen molar-refractivity contribution in [3.8, 4) is 0 Å². The third-order valence-corrected chi connectivity index (χ3v) is 5.69. The molecule has 8 nitrogen and oxygen atoms in total. The SMILES string of the molecule is CC(=O)Nc1ccc(NC(=O)CN2C(=O)c3ccccc3N3C(=O)c4ccccc4C23)cc1. The molecule has 0 aromatic heterocycles. The van der Waals surface area contributed by atoms with Gasteiger partial charge in [-0.3, -0.25) is 24.1 Å². The maximum absolute atomic E-state index is 13.4. The van der Waals surface area contributed by atoms with E-state index in [2.05, 4.69) is 10.6 Å². The molecule has 4 amide bonds. The number of anilines is 3. The van der Waals surface area contributed by atoms with Crippen molar-refractivity contribution in [3.05, 3.63) is 89.5 Å². The molecule has 0 spiro atoms. The molecule has 0 saturated carbocycles. The predicted octanol–water partition coefficient (Wildman–Crippen LogP) is 3.40. The Hall–Kier alpha value is -4.46. The Balaban J connectivity index is 1.44. The summed E-state index contributed by atoms with van der Waals surface area (Å²) in [4.78, 5) is 53.6. The van der Waals surface area contributed by atoms with Crippen LogP contribution in [-0.2, 0) is 9.59 Å². The van der Waals surface area contributed by atoms with E-state index in [9.17, 15) is 19.2 Å². The van der Waals surface area contributed by atoms with Gasteiger partial charge < -0.3 is 15.5 Å². The van der Waals surface area contributed by atoms with E-state index >= 15 is 0 Å². The van der Waals surface area contributed by atoms with E-state index in [1.165, 1.54) is 11.8 Å². The monoisotopic (exact) mass is 440 g/mol. The van der Waals surface area contributed by atoms with Crippen LogP contribution in [0.1, 0.15) is 39.4 Å². The van der Waals surface area contributed by atoms with Crippen LogP contribution in [0.3, 0.4) is 0 Å². The highest BCUT2D eigenvalue weighted by atomic mass is 16.2. The van der Waals surface area contributed by atoms with Crippen LogP contribution in [0.25, 0.3) is 0 Å². The molecule has 1 unspecified atom stereocenters. The quantitative estimate of drug-likeness (QED) is 0.650. The number of benzene rings is 3. The number of nitrogens with one attached hydrogen (secondary N) is 2. The minimum Gasteiger partial charge on any atom is -0.326 e. The molecular weight excluding hydrogens is 420 g/mol. The molecule has 2 aliphatic heterocycles. The smallest absolute Gasteiger partial charge is 0.260 e. The third kappa shape index (κ3) is 3.51. The molecule has 0 aliphatic carbocycles. The molecule has 3 aromatic rings. The number of para-hydroxylation sites is 1. The van der Waals surface area contributed by atoms with Gasteiger partial charge in [-0.2, -0.15) is 0 Å². The van der Waals surface area contributed by atoms with Crippen molar-refractivity contribution in [2.75, 3.05) is 22.1 Å². The summed E-state index contributed by atoms with van der Waals surface area (Å²) in [5.74, 6) is -1.10. The summed E-state index contributed by atoms with van der Waals surface area (Å²) >= 11 is 0. The highest BCUT2D eigenvalue weighted by molar-refractivity contribution is 6.17. The lowest BCUT2D eigenvalue weighted by Gasteiger charge is -2.40. The average molecular weight is 440 g/mol. The highest BCUT2D eigenvalue weighted by Crippen LogP contribution is 2.44. The van der Waals surface area contributed by atoms with Crippen LogP contribution in [0.2, 0.25) is 0 Å². The fourth-order valence-corrected chi connectivity index (χ4v) is 4.33. The summed E-state index contributed by atoms with van der Waals surface area (Å²) in [6, 6.07) is 20.7. The van der Waals surface area contributed by atoms with Gasteiger partial charge >= 0.3 is 0 Å². The molecule has 1 atom stereocenters. The third-order valence-electron chi connectivity index (χ3n) is 5.69. The predicted molar refractivity (Wildman–Crippen MR) is 123 cm³/mol. The van der Waals surface area contributed by atoms with E-state index in [1.54, 1.807) is 65.6 Å². The van der Waals surface area contributed by atoms with Gasteiger partial charge in [-0.15, -0.1) is 0 Å². The van der Waals surface area contributed by atoms with Gasteiger partial charge in [-0.05, 0) is 42.5 Å². The number of amides is 4. The molecular formula is C25H20N4O4. The largest absolute Gasteiger partial charge is 0.326 e. The summed E-state index contributed by atoms with van der Waals surface area (Å²) < 4.78 is 0. The topological polar surface area (TPSA) is 98.8 Å². The van der Waals surface area contributed by atoms with Crippen LogP contribution in [-0.4, -0.2) is 35.1 Å².